The van der Waals surface area contributed by atoms with E-state index in [1.54, 1.807) is 0 Å². The van der Waals surface area contributed by atoms with E-state index in [1.165, 1.54) is 19.4 Å². The molecule has 4 heteroatoms. The fraction of sp³-hybridized carbons (Fsp3) is 1.00. The summed E-state index contributed by atoms with van der Waals surface area (Å²) < 4.78 is 5.40. The van der Waals surface area contributed by atoms with E-state index in [0.717, 1.165) is 39.3 Å². The average Bonchev–Trinajstić information content (AvgIpc) is 2.86. The standard InChI is InChI=1S/C12H22N2O2/c15-10-12-2-1-3-14(12)9-11(8-12)13-4-6-16-7-5-13/h11,15H,1-10H2/t11?,12-/m0/s1. The van der Waals surface area contributed by atoms with Gasteiger partial charge in [-0.15, -0.1) is 0 Å². The second-order valence-corrected chi connectivity index (χ2v) is 5.44. The first kappa shape index (κ1) is 11.0. The van der Waals surface area contributed by atoms with Crippen LogP contribution in [0.1, 0.15) is 19.3 Å². The van der Waals surface area contributed by atoms with E-state index in [1.807, 2.05) is 0 Å². The van der Waals surface area contributed by atoms with Gasteiger partial charge in [0.25, 0.3) is 0 Å². The SMILES string of the molecule is OC[C@@]12CCCN1CC(N1CCOCC1)C2. The van der Waals surface area contributed by atoms with Crippen LogP contribution in [0.2, 0.25) is 0 Å². The number of hydrogen-bond donors (Lipinski definition) is 1. The predicted molar refractivity (Wildman–Crippen MR) is 61.4 cm³/mol. The van der Waals surface area contributed by atoms with Crippen molar-refractivity contribution in [1.82, 2.24) is 9.80 Å². The number of ether oxygens (including phenoxy) is 1. The van der Waals surface area contributed by atoms with Crippen LogP contribution in [0.15, 0.2) is 0 Å². The van der Waals surface area contributed by atoms with Crippen molar-refractivity contribution < 1.29 is 9.84 Å². The maximum Gasteiger partial charge on any atom is 0.0616 e. The normalized spacial score (nSPS) is 41.4. The van der Waals surface area contributed by atoms with E-state index >= 15 is 0 Å². The molecule has 3 aliphatic heterocycles. The van der Waals surface area contributed by atoms with Gasteiger partial charge in [-0.05, 0) is 25.8 Å². The summed E-state index contributed by atoms with van der Waals surface area (Å²) in [7, 11) is 0. The zero-order chi connectivity index (χ0) is 11.0. The Hall–Kier alpha value is -0.160. The van der Waals surface area contributed by atoms with Gasteiger partial charge >= 0.3 is 0 Å². The molecule has 0 aromatic rings. The van der Waals surface area contributed by atoms with E-state index in [9.17, 15) is 5.11 Å². The molecule has 0 amide bonds. The molecule has 0 aliphatic carbocycles. The van der Waals surface area contributed by atoms with Gasteiger partial charge in [0.05, 0.1) is 19.8 Å². The summed E-state index contributed by atoms with van der Waals surface area (Å²) in [5.41, 5.74) is 0.128. The Morgan fingerprint density at radius 2 is 2.06 bits per heavy atom. The molecule has 3 saturated heterocycles. The first-order chi connectivity index (χ1) is 7.84. The van der Waals surface area contributed by atoms with Gasteiger partial charge in [0.2, 0.25) is 0 Å². The summed E-state index contributed by atoms with van der Waals surface area (Å²) in [6.07, 6.45) is 3.60. The molecule has 0 spiro atoms. The molecule has 0 aromatic heterocycles. The molecule has 3 aliphatic rings. The van der Waals surface area contributed by atoms with Crippen LogP contribution in [-0.4, -0.2) is 72.5 Å². The van der Waals surface area contributed by atoms with Crippen LogP contribution in [0, 0.1) is 0 Å². The molecule has 4 nitrogen and oxygen atoms in total. The average molecular weight is 226 g/mol. The number of morpholine rings is 1. The molecular weight excluding hydrogens is 204 g/mol. The molecule has 1 unspecified atom stereocenters. The van der Waals surface area contributed by atoms with Gasteiger partial charge in [-0.2, -0.15) is 0 Å². The summed E-state index contributed by atoms with van der Waals surface area (Å²) in [5, 5.41) is 9.66. The molecule has 3 fully saturated rings. The monoisotopic (exact) mass is 226 g/mol. The lowest BCUT2D eigenvalue weighted by Crippen LogP contribution is -2.44. The van der Waals surface area contributed by atoms with Crippen molar-refractivity contribution in [3.63, 3.8) is 0 Å². The zero-order valence-corrected chi connectivity index (χ0v) is 9.90. The topological polar surface area (TPSA) is 35.9 Å². The van der Waals surface area contributed by atoms with E-state index in [0.29, 0.717) is 12.6 Å². The Morgan fingerprint density at radius 1 is 1.25 bits per heavy atom. The van der Waals surface area contributed by atoms with Crippen LogP contribution >= 0.6 is 0 Å². The van der Waals surface area contributed by atoms with Crippen LogP contribution < -0.4 is 0 Å². The highest BCUT2D eigenvalue weighted by atomic mass is 16.5. The fourth-order valence-electron chi connectivity index (χ4n) is 3.70. The Bertz CT molecular complexity index is 255. The maximum absolute atomic E-state index is 9.66. The van der Waals surface area contributed by atoms with Crippen LogP contribution in [0.25, 0.3) is 0 Å². The Labute approximate surface area is 97.2 Å². The van der Waals surface area contributed by atoms with Crippen LogP contribution in [0.4, 0.5) is 0 Å². The van der Waals surface area contributed by atoms with E-state index in [-0.39, 0.29) is 5.54 Å². The van der Waals surface area contributed by atoms with Gasteiger partial charge in [0.15, 0.2) is 0 Å². The first-order valence-corrected chi connectivity index (χ1v) is 6.52. The molecular formula is C12H22N2O2. The number of nitrogens with zero attached hydrogens (tertiary/aromatic N) is 2. The third kappa shape index (κ3) is 1.68. The Morgan fingerprint density at radius 3 is 2.75 bits per heavy atom. The summed E-state index contributed by atoms with van der Waals surface area (Å²) in [5.74, 6) is 0. The smallest absolute Gasteiger partial charge is 0.0616 e. The van der Waals surface area contributed by atoms with Gasteiger partial charge in [-0.25, -0.2) is 0 Å². The van der Waals surface area contributed by atoms with E-state index in [2.05, 4.69) is 9.80 Å². The number of aliphatic hydroxyl groups is 1. The van der Waals surface area contributed by atoms with Crippen LogP contribution in [0.3, 0.4) is 0 Å². The minimum atomic E-state index is 0.128. The second kappa shape index (κ2) is 4.26. The Kier molecular flexibility index (Phi) is 2.92. The van der Waals surface area contributed by atoms with E-state index in [4.69, 9.17) is 4.74 Å². The molecule has 0 bridgehead atoms. The highest BCUT2D eigenvalue weighted by molar-refractivity contribution is 5.05. The van der Waals surface area contributed by atoms with Crippen molar-refractivity contribution in [1.29, 1.82) is 0 Å². The van der Waals surface area contributed by atoms with Crippen molar-refractivity contribution in [2.75, 3.05) is 46.0 Å². The molecule has 1 N–H and O–H groups in total. The lowest BCUT2D eigenvalue weighted by molar-refractivity contribution is 0.0176. The van der Waals surface area contributed by atoms with Crippen molar-refractivity contribution in [2.24, 2.45) is 0 Å². The molecule has 16 heavy (non-hydrogen) atoms. The predicted octanol–water partition coefficient (Wildman–Crippen LogP) is -0.0822. The summed E-state index contributed by atoms with van der Waals surface area (Å²) in [4.78, 5) is 5.08. The molecule has 92 valence electrons. The van der Waals surface area contributed by atoms with Gasteiger partial charge in [-0.3, -0.25) is 9.80 Å². The molecule has 0 aromatic carbocycles. The molecule has 3 heterocycles. The van der Waals surface area contributed by atoms with Gasteiger partial charge < -0.3 is 9.84 Å². The van der Waals surface area contributed by atoms with Gasteiger partial charge in [0, 0.05) is 31.2 Å². The quantitative estimate of drug-likeness (QED) is 0.714. The van der Waals surface area contributed by atoms with Crippen molar-refractivity contribution in [3.05, 3.63) is 0 Å². The maximum atomic E-state index is 9.66. The van der Waals surface area contributed by atoms with Gasteiger partial charge in [0.1, 0.15) is 0 Å². The summed E-state index contributed by atoms with van der Waals surface area (Å²) in [6.45, 7) is 6.57. The van der Waals surface area contributed by atoms with Crippen LogP contribution in [-0.2, 0) is 4.74 Å². The fourth-order valence-corrected chi connectivity index (χ4v) is 3.70. The number of aliphatic hydroxyl groups excluding tert-OH is 1. The third-order valence-electron chi connectivity index (χ3n) is 4.64. The number of hydrogen-bond acceptors (Lipinski definition) is 4. The third-order valence-corrected chi connectivity index (χ3v) is 4.64. The second-order valence-electron chi connectivity index (χ2n) is 5.44. The van der Waals surface area contributed by atoms with Crippen molar-refractivity contribution >= 4 is 0 Å². The van der Waals surface area contributed by atoms with Gasteiger partial charge in [-0.1, -0.05) is 0 Å². The van der Waals surface area contributed by atoms with Crippen molar-refractivity contribution in [2.45, 2.75) is 30.8 Å². The summed E-state index contributed by atoms with van der Waals surface area (Å²) in [6, 6.07) is 0.649. The Balaban J connectivity index is 1.67. The molecule has 0 radical (unpaired) electrons. The molecule has 0 saturated carbocycles. The lowest BCUT2D eigenvalue weighted by Gasteiger charge is -2.33. The molecule has 2 atom stereocenters. The minimum Gasteiger partial charge on any atom is -0.394 e. The van der Waals surface area contributed by atoms with Crippen LogP contribution in [0.5, 0.6) is 0 Å². The van der Waals surface area contributed by atoms with E-state index < -0.39 is 0 Å². The molecule has 3 rings (SSSR count). The highest BCUT2D eigenvalue weighted by Gasteiger charge is 2.49. The highest BCUT2D eigenvalue weighted by Crippen LogP contribution is 2.40. The largest absolute Gasteiger partial charge is 0.394 e. The zero-order valence-electron chi connectivity index (χ0n) is 9.90. The number of rotatable bonds is 2. The first-order valence-electron chi connectivity index (χ1n) is 6.52. The lowest BCUT2D eigenvalue weighted by atomic mass is 9.93. The summed E-state index contributed by atoms with van der Waals surface area (Å²) >= 11 is 0. The van der Waals surface area contributed by atoms with Crippen molar-refractivity contribution in [3.8, 4) is 0 Å². The number of fused-ring (bicyclic) bond motifs is 1. The minimum absolute atomic E-state index is 0.128.